The van der Waals surface area contributed by atoms with E-state index in [9.17, 15) is 4.79 Å². The van der Waals surface area contributed by atoms with Crippen LogP contribution in [-0.2, 0) is 17.9 Å². The maximum absolute atomic E-state index is 10.7. The largest absolute Gasteiger partial charge is 0.484 e. The molecule has 1 amide bonds. The van der Waals surface area contributed by atoms with Gasteiger partial charge in [0.15, 0.2) is 6.61 Å². The van der Waals surface area contributed by atoms with Crippen molar-refractivity contribution >= 4 is 17.5 Å². The molecule has 0 radical (unpaired) electrons. The van der Waals surface area contributed by atoms with Crippen molar-refractivity contribution in [3.8, 4) is 5.75 Å². The average molecular weight is 319 g/mol. The van der Waals surface area contributed by atoms with E-state index in [0.29, 0.717) is 12.3 Å². The first-order valence-corrected chi connectivity index (χ1v) is 7.38. The maximum Gasteiger partial charge on any atom is 0.255 e. The van der Waals surface area contributed by atoms with Crippen molar-refractivity contribution in [2.45, 2.75) is 20.0 Å². The smallest absolute Gasteiger partial charge is 0.255 e. The molecule has 0 aliphatic heterocycles. The number of hydrogen-bond donors (Lipinski definition) is 2. The third-order valence-electron chi connectivity index (χ3n) is 3.17. The fourth-order valence-electron chi connectivity index (χ4n) is 2.00. The van der Waals surface area contributed by atoms with Crippen LogP contribution in [0.3, 0.4) is 0 Å². The third-order valence-corrected chi connectivity index (χ3v) is 3.58. The van der Waals surface area contributed by atoms with Gasteiger partial charge in [-0.1, -0.05) is 35.9 Å². The molecule has 116 valence electrons. The summed E-state index contributed by atoms with van der Waals surface area (Å²) in [5.41, 5.74) is 8.34. The van der Waals surface area contributed by atoms with Crippen LogP contribution in [0.5, 0.6) is 5.75 Å². The zero-order valence-corrected chi connectivity index (χ0v) is 13.2. The quantitative estimate of drug-likeness (QED) is 0.825. The first-order chi connectivity index (χ1) is 10.5. The van der Waals surface area contributed by atoms with Crippen LogP contribution in [0, 0.1) is 6.92 Å². The highest BCUT2D eigenvalue weighted by Gasteiger charge is 2.01. The van der Waals surface area contributed by atoms with Crippen molar-refractivity contribution in [1.82, 2.24) is 5.32 Å². The number of ether oxygens (including phenoxy) is 1. The second kappa shape index (κ2) is 7.82. The van der Waals surface area contributed by atoms with Crippen LogP contribution in [-0.4, -0.2) is 12.5 Å². The van der Waals surface area contributed by atoms with Gasteiger partial charge in [0.05, 0.1) is 0 Å². The molecule has 0 heterocycles. The molecular formula is C17H19ClN2O2. The number of carbonyl (C=O) groups is 1. The van der Waals surface area contributed by atoms with Gasteiger partial charge >= 0.3 is 0 Å². The Morgan fingerprint density at radius 1 is 1.18 bits per heavy atom. The molecule has 0 aliphatic carbocycles. The van der Waals surface area contributed by atoms with Gasteiger partial charge in [-0.3, -0.25) is 4.79 Å². The average Bonchev–Trinajstić information content (AvgIpc) is 2.49. The molecule has 0 unspecified atom stereocenters. The number of nitrogens with two attached hydrogens (primary N) is 1. The highest BCUT2D eigenvalue weighted by molar-refractivity contribution is 6.31. The lowest BCUT2D eigenvalue weighted by Gasteiger charge is -2.09. The fourth-order valence-corrected chi connectivity index (χ4v) is 2.20. The molecule has 3 N–H and O–H groups in total. The molecule has 0 atom stereocenters. The summed E-state index contributed by atoms with van der Waals surface area (Å²) in [6.45, 7) is 3.29. The zero-order chi connectivity index (χ0) is 15.9. The molecule has 2 aromatic carbocycles. The van der Waals surface area contributed by atoms with Gasteiger partial charge in [-0.25, -0.2) is 0 Å². The molecular weight excluding hydrogens is 300 g/mol. The second-order valence-electron chi connectivity index (χ2n) is 5.09. The number of carbonyl (C=O) groups excluding carboxylic acids is 1. The van der Waals surface area contributed by atoms with E-state index < -0.39 is 5.91 Å². The molecule has 0 saturated carbocycles. The minimum absolute atomic E-state index is 0.112. The lowest BCUT2D eigenvalue weighted by Crippen LogP contribution is -2.20. The van der Waals surface area contributed by atoms with Gasteiger partial charge in [0, 0.05) is 18.1 Å². The first-order valence-electron chi connectivity index (χ1n) is 7.00. The molecule has 22 heavy (non-hydrogen) atoms. The molecule has 2 rings (SSSR count). The Balaban J connectivity index is 1.87. The Kier molecular flexibility index (Phi) is 5.81. The van der Waals surface area contributed by atoms with Crippen molar-refractivity contribution < 1.29 is 9.53 Å². The van der Waals surface area contributed by atoms with Crippen LogP contribution in [0.1, 0.15) is 16.7 Å². The zero-order valence-electron chi connectivity index (χ0n) is 12.4. The van der Waals surface area contributed by atoms with Crippen molar-refractivity contribution in [3.05, 3.63) is 64.2 Å². The van der Waals surface area contributed by atoms with E-state index in [4.69, 9.17) is 22.1 Å². The van der Waals surface area contributed by atoms with Crippen molar-refractivity contribution in [2.24, 2.45) is 5.73 Å². The number of rotatable bonds is 7. The minimum atomic E-state index is -0.486. The summed E-state index contributed by atoms with van der Waals surface area (Å²) in [7, 11) is 0. The van der Waals surface area contributed by atoms with E-state index in [-0.39, 0.29) is 6.61 Å². The van der Waals surface area contributed by atoms with E-state index in [0.717, 1.165) is 28.3 Å². The molecule has 5 heteroatoms. The summed E-state index contributed by atoms with van der Waals surface area (Å²) >= 11 is 6.11. The maximum atomic E-state index is 10.7. The van der Waals surface area contributed by atoms with E-state index in [1.165, 1.54) is 0 Å². The topological polar surface area (TPSA) is 64.3 Å². The number of hydrogen-bond acceptors (Lipinski definition) is 3. The predicted octanol–water partition coefficient (Wildman–Crippen LogP) is 2.80. The molecule has 0 fully saturated rings. The minimum Gasteiger partial charge on any atom is -0.484 e. The van der Waals surface area contributed by atoms with Crippen LogP contribution in [0.4, 0.5) is 0 Å². The van der Waals surface area contributed by atoms with Gasteiger partial charge in [0.1, 0.15) is 5.75 Å². The number of benzene rings is 2. The Labute approximate surface area is 135 Å². The van der Waals surface area contributed by atoms with Crippen molar-refractivity contribution in [2.75, 3.05) is 6.61 Å². The van der Waals surface area contributed by atoms with Crippen LogP contribution in [0.2, 0.25) is 5.02 Å². The second-order valence-corrected chi connectivity index (χ2v) is 5.50. The van der Waals surface area contributed by atoms with Gasteiger partial charge in [-0.2, -0.15) is 0 Å². The van der Waals surface area contributed by atoms with Crippen molar-refractivity contribution in [1.29, 1.82) is 0 Å². The summed E-state index contributed by atoms with van der Waals surface area (Å²) in [6, 6.07) is 13.6. The van der Waals surface area contributed by atoms with Crippen LogP contribution < -0.4 is 15.8 Å². The van der Waals surface area contributed by atoms with Crippen LogP contribution in [0.25, 0.3) is 0 Å². The molecule has 0 aromatic heterocycles. The van der Waals surface area contributed by atoms with E-state index >= 15 is 0 Å². The van der Waals surface area contributed by atoms with Gasteiger partial charge in [-0.15, -0.1) is 0 Å². The van der Waals surface area contributed by atoms with E-state index in [1.807, 2.05) is 37.3 Å². The fraction of sp³-hybridized carbons (Fsp3) is 0.235. The highest BCUT2D eigenvalue weighted by Crippen LogP contribution is 2.17. The monoisotopic (exact) mass is 318 g/mol. The summed E-state index contributed by atoms with van der Waals surface area (Å²) in [6.07, 6.45) is 0. The first kappa shape index (κ1) is 16.3. The van der Waals surface area contributed by atoms with E-state index in [1.54, 1.807) is 6.07 Å². The predicted molar refractivity (Wildman–Crippen MR) is 87.9 cm³/mol. The van der Waals surface area contributed by atoms with Crippen molar-refractivity contribution in [3.63, 3.8) is 0 Å². The summed E-state index contributed by atoms with van der Waals surface area (Å²) in [4.78, 5) is 10.7. The molecule has 0 spiro atoms. The molecule has 4 nitrogen and oxygen atoms in total. The number of halogens is 1. The number of amides is 1. The van der Waals surface area contributed by atoms with Crippen LogP contribution in [0.15, 0.2) is 42.5 Å². The summed E-state index contributed by atoms with van der Waals surface area (Å²) < 4.78 is 5.28. The summed E-state index contributed by atoms with van der Waals surface area (Å²) in [5.74, 6) is 0.149. The van der Waals surface area contributed by atoms with Gasteiger partial charge in [-0.05, 0) is 41.8 Å². The van der Waals surface area contributed by atoms with Gasteiger partial charge in [0.2, 0.25) is 0 Å². The molecule has 0 saturated heterocycles. The molecule has 0 bridgehead atoms. The molecule has 2 aromatic rings. The molecule has 0 aliphatic rings. The lowest BCUT2D eigenvalue weighted by molar-refractivity contribution is -0.119. The lowest BCUT2D eigenvalue weighted by atomic mass is 10.1. The number of primary amides is 1. The Morgan fingerprint density at radius 3 is 2.59 bits per heavy atom. The standard InChI is InChI=1S/C17H19ClN2O2/c1-12-5-6-14(8-16(12)18)10-20-9-13-3-2-4-15(7-13)22-11-17(19)21/h2-8,20H,9-11H2,1H3,(H2,19,21). The number of nitrogens with one attached hydrogen (secondary N) is 1. The SMILES string of the molecule is Cc1ccc(CNCc2cccc(OCC(N)=O)c2)cc1Cl. The van der Waals surface area contributed by atoms with Gasteiger partial charge < -0.3 is 15.8 Å². The Hall–Kier alpha value is -2.04. The third kappa shape index (κ3) is 5.06. The highest BCUT2D eigenvalue weighted by atomic mass is 35.5. The summed E-state index contributed by atoms with van der Waals surface area (Å²) in [5, 5.41) is 4.13. The van der Waals surface area contributed by atoms with Gasteiger partial charge in [0.25, 0.3) is 5.91 Å². The van der Waals surface area contributed by atoms with Crippen LogP contribution >= 0.6 is 11.6 Å². The van der Waals surface area contributed by atoms with E-state index in [2.05, 4.69) is 11.4 Å². The Bertz CT molecular complexity index is 659. The normalized spacial score (nSPS) is 10.5. The Morgan fingerprint density at radius 2 is 1.91 bits per heavy atom. The number of aryl methyl sites for hydroxylation is 1.